The summed E-state index contributed by atoms with van der Waals surface area (Å²) in [4.78, 5) is 0. The van der Waals surface area contributed by atoms with Gasteiger partial charge in [-0.2, -0.15) is 0 Å². The maximum atomic E-state index is 5.91. The highest BCUT2D eigenvalue weighted by Gasteiger charge is 2.04. The van der Waals surface area contributed by atoms with E-state index in [4.69, 9.17) is 21.1 Å². The summed E-state index contributed by atoms with van der Waals surface area (Å²) < 4.78 is 11.0. The fourth-order valence-corrected chi connectivity index (χ4v) is 1.92. The molecule has 3 heteroatoms. The van der Waals surface area contributed by atoms with Crippen LogP contribution in [-0.4, -0.2) is 7.11 Å². The molecule has 0 atom stereocenters. The largest absolute Gasteiger partial charge is 0.496 e. The first-order valence-corrected chi connectivity index (χ1v) is 6.09. The molecule has 0 N–H and O–H groups in total. The van der Waals surface area contributed by atoms with Crippen LogP contribution in [0.3, 0.4) is 0 Å². The standard InChI is InChI=1S/C15H15ClO2/c1-11-6-7-15(17-2)12(8-11)10-18-14-5-3-4-13(16)9-14/h3-9H,10H2,1-2H3. The van der Waals surface area contributed by atoms with Crippen LogP contribution in [0.5, 0.6) is 11.5 Å². The normalized spacial score (nSPS) is 10.2. The Balaban J connectivity index is 2.12. The summed E-state index contributed by atoms with van der Waals surface area (Å²) in [5.41, 5.74) is 2.21. The topological polar surface area (TPSA) is 18.5 Å². The predicted molar refractivity (Wildman–Crippen MR) is 73.5 cm³/mol. The zero-order valence-electron chi connectivity index (χ0n) is 10.4. The van der Waals surface area contributed by atoms with E-state index in [1.807, 2.05) is 37.3 Å². The second kappa shape index (κ2) is 5.78. The van der Waals surface area contributed by atoms with Gasteiger partial charge in [-0.25, -0.2) is 0 Å². The summed E-state index contributed by atoms with van der Waals surface area (Å²) in [5.74, 6) is 1.59. The lowest BCUT2D eigenvalue weighted by atomic mass is 10.1. The van der Waals surface area contributed by atoms with Crippen molar-refractivity contribution in [3.8, 4) is 11.5 Å². The Morgan fingerprint density at radius 2 is 1.94 bits per heavy atom. The van der Waals surface area contributed by atoms with Crippen molar-refractivity contribution in [3.05, 3.63) is 58.6 Å². The van der Waals surface area contributed by atoms with Crippen LogP contribution in [0, 0.1) is 6.92 Å². The summed E-state index contributed by atoms with van der Waals surface area (Å²) >= 11 is 5.91. The van der Waals surface area contributed by atoms with Crippen LogP contribution in [0.2, 0.25) is 5.02 Å². The van der Waals surface area contributed by atoms with Gasteiger partial charge >= 0.3 is 0 Å². The lowest BCUT2D eigenvalue weighted by Gasteiger charge is -2.11. The van der Waals surface area contributed by atoms with Gasteiger partial charge in [0.15, 0.2) is 0 Å². The second-order valence-electron chi connectivity index (χ2n) is 4.06. The van der Waals surface area contributed by atoms with Gasteiger partial charge in [0.2, 0.25) is 0 Å². The minimum atomic E-state index is 0.463. The number of halogens is 1. The van der Waals surface area contributed by atoms with Crippen LogP contribution in [0.25, 0.3) is 0 Å². The van der Waals surface area contributed by atoms with E-state index in [2.05, 4.69) is 6.07 Å². The quantitative estimate of drug-likeness (QED) is 0.821. The maximum absolute atomic E-state index is 5.91. The van der Waals surface area contributed by atoms with Crippen molar-refractivity contribution in [1.29, 1.82) is 0 Å². The fourth-order valence-electron chi connectivity index (χ4n) is 1.74. The van der Waals surface area contributed by atoms with Crippen LogP contribution in [0.1, 0.15) is 11.1 Å². The van der Waals surface area contributed by atoms with E-state index >= 15 is 0 Å². The van der Waals surface area contributed by atoms with Gasteiger partial charge in [0.05, 0.1) is 7.11 Å². The van der Waals surface area contributed by atoms with E-state index in [0.29, 0.717) is 11.6 Å². The van der Waals surface area contributed by atoms with Crippen molar-refractivity contribution in [2.45, 2.75) is 13.5 Å². The Morgan fingerprint density at radius 3 is 2.67 bits per heavy atom. The smallest absolute Gasteiger partial charge is 0.125 e. The highest BCUT2D eigenvalue weighted by atomic mass is 35.5. The molecule has 0 amide bonds. The Kier molecular flexibility index (Phi) is 4.11. The molecule has 0 bridgehead atoms. The molecule has 94 valence electrons. The van der Waals surface area contributed by atoms with Crippen molar-refractivity contribution in [3.63, 3.8) is 0 Å². The van der Waals surface area contributed by atoms with Gasteiger partial charge in [0, 0.05) is 10.6 Å². The first-order chi connectivity index (χ1) is 8.69. The van der Waals surface area contributed by atoms with Crippen LogP contribution in [-0.2, 0) is 6.61 Å². The Bertz CT molecular complexity index is 538. The molecule has 0 aliphatic rings. The Labute approximate surface area is 112 Å². The first kappa shape index (κ1) is 12.8. The van der Waals surface area contributed by atoms with Crippen molar-refractivity contribution in [1.82, 2.24) is 0 Å². The van der Waals surface area contributed by atoms with Crippen LogP contribution in [0.4, 0.5) is 0 Å². The average molecular weight is 263 g/mol. The summed E-state index contributed by atoms with van der Waals surface area (Å²) in [6, 6.07) is 13.4. The number of ether oxygens (including phenoxy) is 2. The van der Waals surface area contributed by atoms with Crippen molar-refractivity contribution in [2.75, 3.05) is 7.11 Å². The summed E-state index contributed by atoms with van der Waals surface area (Å²) in [5, 5.41) is 0.670. The number of methoxy groups -OCH3 is 1. The van der Waals surface area contributed by atoms with E-state index in [0.717, 1.165) is 17.1 Å². The molecule has 0 saturated carbocycles. The van der Waals surface area contributed by atoms with Gasteiger partial charge in [0.25, 0.3) is 0 Å². The lowest BCUT2D eigenvalue weighted by molar-refractivity contribution is 0.296. The summed E-state index contributed by atoms with van der Waals surface area (Å²) in [6.45, 7) is 2.51. The monoisotopic (exact) mass is 262 g/mol. The maximum Gasteiger partial charge on any atom is 0.125 e. The van der Waals surface area contributed by atoms with Gasteiger partial charge in [-0.1, -0.05) is 29.3 Å². The molecule has 2 rings (SSSR count). The number of aryl methyl sites for hydroxylation is 1. The van der Waals surface area contributed by atoms with E-state index in [9.17, 15) is 0 Å². The number of rotatable bonds is 4. The second-order valence-corrected chi connectivity index (χ2v) is 4.50. The molecule has 18 heavy (non-hydrogen) atoms. The molecule has 0 aliphatic heterocycles. The molecule has 0 radical (unpaired) electrons. The lowest BCUT2D eigenvalue weighted by Crippen LogP contribution is -1.99. The SMILES string of the molecule is COc1ccc(C)cc1COc1cccc(Cl)c1. The molecule has 0 spiro atoms. The van der Waals surface area contributed by atoms with E-state index in [1.54, 1.807) is 13.2 Å². The highest BCUT2D eigenvalue weighted by Crippen LogP contribution is 2.23. The Hall–Kier alpha value is -1.67. The van der Waals surface area contributed by atoms with Crippen LogP contribution < -0.4 is 9.47 Å². The predicted octanol–water partition coefficient (Wildman–Crippen LogP) is 4.24. The first-order valence-electron chi connectivity index (χ1n) is 5.71. The fraction of sp³-hybridized carbons (Fsp3) is 0.200. The summed E-state index contributed by atoms with van der Waals surface area (Å²) in [6.07, 6.45) is 0. The zero-order chi connectivity index (χ0) is 13.0. The molecule has 0 unspecified atom stereocenters. The molecule has 2 aromatic rings. The van der Waals surface area contributed by atoms with E-state index < -0.39 is 0 Å². The molecule has 0 aromatic heterocycles. The summed E-state index contributed by atoms with van der Waals surface area (Å²) in [7, 11) is 1.66. The molecular weight excluding hydrogens is 248 g/mol. The van der Waals surface area contributed by atoms with Gasteiger partial charge in [-0.05, 0) is 37.3 Å². The molecule has 2 nitrogen and oxygen atoms in total. The van der Waals surface area contributed by atoms with Gasteiger partial charge in [-0.3, -0.25) is 0 Å². The Morgan fingerprint density at radius 1 is 1.11 bits per heavy atom. The van der Waals surface area contributed by atoms with Crippen molar-refractivity contribution < 1.29 is 9.47 Å². The van der Waals surface area contributed by atoms with E-state index in [1.165, 1.54) is 5.56 Å². The molecule has 0 saturated heterocycles. The number of benzene rings is 2. The third kappa shape index (κ3) is 3.17. The minimum Gasteiger partial charge on any atom is -0.496 e. The molecule has 2 aromatic carbocycles. The minimum absolute atomic E-state index is 0.463. The van der Waals surface area contributed by atoms with Gasteiger partial charge < -0.3 is 9.47 Å². The zero-order valence-corrected chi connectivity index (χ0v) is 11.2. The highest BCUT2D eigenvalue weighted by molar-refractivity contribution is 6.30. The van der Waals surface area contributed by atoms with Crippen LogP contribution in [0.15, 0.2) is 42.5 Å². The van der Waals surface area contributed by atoms with Crippen molar-refractivity contribution in [2.24, 2.45) is 0 Å². The third-order valence-corrected chi connectivity index (χ3v) is 2.86. The van der Waals surface area contributed by atoms with Crippen LogP contribution >= 0.6 is 11.6 Å². The molecular formula is C15H15ClO2. The number of hydrogen-bond acceptors (Lipinski definition) is 2. The molecule has 0 heterocycles. The molecule has 0 aliphatic carbocycles. The third-order valence-electron chi connectivity index (χ3n) is 2.63. The van der Waals surface area contributed by atoms with Gasteiger partial charge in [-0.15, -0.1) is 0 Å². The van der Waals surface area contributed by atoms with Crippen molar-refractivity contribution >= 4 is 11.6 Å². The van der Waals surface area contributed by atoms with E-state index in [-0.39, 0.29) is 0 Å². The van der Waals surface area contributed by atoms with Gasteiger partial charge in [0.1, 0.15) is 18.1 Å². The molecule has 0 fully saturated rings. The number of hydrogen-bond donors (Lipinski definition) is 0. The average Bonchev–Trinajstić information content (AvgIpc) is 2.37.